The van der Waals surface area contributed by atoms with Gasteiger partial charge in [-0.05, 0) is 18.1 Å². The molecule has 0 aliphatic rings. The molecular weight excluding hydrogens is 274 g/mol. The van der Waals surface area contributed by atoms with Crippen LogP contribution in [0.5, 0.6) is 0 Å². The monoisotopic (exact) mass is 291 g/mol. The van der Waals surface area contributed by atoms with Gasteiger partial charge in [0.25, 0.3) is 0 Å². The van der Waals surface area contributed by atoms with E-state index in [1.807, 2.05) is 44.4 Å². The number of nitrogens with zero attached hydrogens (tertiary/aromatic N) is 1. The zero-order valence-electron chi connectivity index (χ0n) is 11.7. The maximum Gasteiger partial charge on any atom is 0.362 e. The van der Waals surface area contributed by atoms with Crippen molar-refractivity contribution < 1.29 is 26.4 Å². The highest BCUT2D eigenvalue weighted by Gasteiger charge is 2.19. The van der Waals surface area contributed by atoms with Gasteiger partial charge in [-0.3, -0.25) is 0 Å². The number of terminal acetylenes is 1. The van der Waals surface area contributed by atoms with E-state index < -0.39 is 0 Å². The van der Waals surface area contributed by atoms with Crippen molar-refractivity contribution in [3.63, 3.8) is 0 Å². The molecule has 0 atom stereocenters. The summed E-state index contributed by atoms with van der Waals surface area (Å²) in [4.78, 5) is 11.5. The van der Waals surface area contributed by atoms with Crippen LogP contribution in [0, 0.1) is 24.2 Å². The minimum atomic E-state index is -0.301. The number of benzene rings is 1. The fourth-order valence-electron chi connectivity index (χ4n) is 1.45. The van der Waals surface area contributed by atoms with Crippen LogP contribution < -0.4 is 12.4 Å². The summed E-state index contributed by atoms with van der Waals surface area (Å²) in [5.74, 6) is 8.11. The van der Waals surface area contributed by atoms with Crippen molar-refractivity contribution in [2.75, 3.05) is 33.8 Å². The number of carbonyl (C=O) groups excluding carboxylic acids is 1. The number of hydrogen-bond acceptors (Lipinski definition) is 2. The lowest BCUT2D eigenvalue weighted by Gasteiger charge is -2.25. The second-order valence-corrected chi connectivity index (χ2v) is 4.78. The van der Waals surface area contributed by atoms with E-state index in [1.54, 1.807) is 0 Å². The molecule has 20 heavy (non-hydrogen) atoms. The second kappa shape index (κ2) is 9.04. The third-order valence-electron chi connectivity index (χ3n) is 2.39. The lowest BCUT2D eigenvalue weighted by atomic mass is 10.2. The van der Waals surface area contributed by atoms with Gasteiger partial charge in [0.05, 0.1) is 14.1 Å². The molecule has 0 spiro atoms. The van der Waals surface area contributed by atoms with E-state index in [-0.39, 0.29) is 31.5 Å². The topological polar surface area (TPSA) is 26.3 Å². The largest absolute Gasteiger partial charge is 1.00 e. The van der Waals surface area contributed by atoms with Gasteiger partial charge in [0.2, 0.25) is 0 Å². The summed E-state index contributed by atoms with van der Waals surface area (Å²) in [6.07, 6.45) is 5.03. The summed E-state index contributed by atoms with van der Waals surface area (Å²) >= 11 is 0. The molecule has 0 saturated heterocycles. The minimum Gasteiger partial charge on any atom is -1.00 e. The van der Waals surface area contributed by atoms with Crippen LogP contribution in [0.2, 0.25) is 0 Å². The molecule has 0 aromatic heterocycles. The molecule has 0 fully saturated rings. The Morgan fingerprint density at radius 3 is 2.55 bits per heavy atom. The molecule has 0 bridgehead atoms. The molecule has 1 rings (SSSR count). The molecule has 0 N–H and O–H groups in total. The van der Waals surface area contributed by atoms with Crippen LogP contribution in [-0.4, -0.2) is 44.2 Å². The van der Waals surface area contributed by atoms with E-state index in [1.165, 1.54) is 0 Å². The molecule has 0 radical (unpaired) electrons. The molecule has 3 nitrogen and oxygen atoms in total. The third-order valence-corrected chi connectivity index (χ3v) is 2.39. The minimum absolute atomic E-state index is 0. The molecule has 0 amide bonds. The van der Waals surface area contributed by atoms with Crippen LogP contribution >= 0.6 is 0 Å². The molecule has 106 valence electrons. The van der Waals surface area contributed by atoms with E-state index in [4.69, 9.17) is 11.2 Å². The number of hydrogen-bond donors (Lipinski definition) is 0. The number of ether oxygens (including phenoxy) is 1. The molecule has 0 aliphatic heterocycles. The van der Waals surface area contributed by atoms with Crippen LogP contribution in [0.25, 0.3) is 0 Å². The predicted octanol–water partition coefficient (Wildman–Crippen LogP) is -1.71. The van der Waals surface area contributed by atoms with Gasteiger partial charge in [-0.15, -0.1) is 6.42 Å². The first-order chi connectivity index (χ1) is 9.03. The Morgan fingerprint density at radius 1 is 1.30 bits per heavy atom. The summed E-state index contributed by atoms with van der Waals surface area (Å²) in [7, 11) is 3.85. The second-order valence-electron chi connectivity index (χ2n) is 4.78. The highest BCUT2D eigenvalue weighted by atomic mass is 35.5. The number of esters is 1. The zero-order chi connectivity index (χ0) is 14.1. The molecule has 0 aliphatic carbocycles. The highest BCUT2D eigenvalue weighted by Crippen LogP contribution is 1.98. The van der Waals surface area contributed by atoms with E-state index >= 15 is 0 Å². The average Bonchev–Trinajstić information content (AvgIpc) is 2.37. The zero-order valence-corrected chi connectivity index (χ0v) is 12.5. The van der Waals surface area contributed by atoms with E-state index in [0.717, 1.165) is 5.56 Å². The number of quaternary nitrogens is 1. The van der Waals surface area contributed by atoms with Gasteiger partial charge in [0, 0.05) is 5.56 Å². The summed E-state index contributed by atoms with van der Waals surface area (Å²) < 4.78 is 5.30. The van der Waals surface area contributed by atoms with Gasteiger partial charge >= 0.3 is 5.97 Å². The summed E-state index contributed by atoms with van der Waals surface area (Å²) in [5.41, 5.74) is 0.970. The van der Waals surface area contributed by atoms with Gasteiger partial charge in [0.1, 0.15) is 6.54 Å². The third kappa shape index (κ3) is 7.48. The summed E-state index contributed by atoms with van der Waals surface area (Å²) in [6.45, 7) is 0.847. The Balaban J connectivity index is 0.00000361. The van der Waals surface area contributed by atoms with Crippen LogP contribution in [0.1, 0.15) is 5.56 Å². The Hall–Kier alpha value is -1.94. The number of carbonyl (C=O) groups is 1. The number of halogens is 1. The first-order valence-electron chi connectivity index (χ1n) is 5.98. The Kier molecular flexibility index (Phi) is 8.16. The SMILES string of the molecule is C#CCOC(=O)C[N+](C)(C)CC#Cc1ccccc1.[Cl-]. The molecular formula is C16H18ClNO2. The first-order valence-corrected chi connectivity index (χ1v) is 5.98. The lowest BCUT2D eigenvalue weighted by molar-refractivity contribution is -0.875. The van der Waals surface area contributed by atoms with Gasteiger partial charge in [-0.1, -0.05) is 30.0 Å². The molecule has 1 aromatic rings. The normalized spacial score (nSPS) is 9.45. The summed E-state index contributed by atoms with van der Waals surface area (Å²) in [6, 6.07) is 9.75. The van der Waals surface area contributed by atoms with Crippen LogP contribution in [-0.2, 0) is 9.53 Å². The Morgan fingerprint density at radius 2 is 1.95 bits per heavy atom. The van der Waals surface area contributed by atoms with Crippen LogP contribution in [0.4, 0.5) is 0 Å². The smallest absolute Gasteiger partial charge is 0.362 e. The summed E-state index contributed by atoms with van der Waals surface area (Å²) in [5, 5.41) is 0. The fraction of sp³-hybridized carbons (Fsp3) is 0.312. The van der Waals surface area contributed by atoms with Crippen molar-refractivity contribution >= 4 is 5.97 Å². The first kappa shape index (κ1) is 18.1. The molecule has 0 unspecified atom stereocenters. The fourth-order valence-corrected chi connectivity index (χ4v) is 1.45. The molecule has 0 saturated carbocycles. The number of likely N-dealkylation sites (N-methyl/N-ethyl adjacent to an activating group) is 1. The average molecular weight is 292 g/mol. The van der Waals surface area contributed by atoms with Gasteiger partial charge in [-0.25, -0.2) is 4.79 Å². The lowest BCUT2D eigenvalue weighted by Crippen LogP contribution is -3.00. The molecule has 0 heterocycles. The van der Waals surface area contributed by atoms with Crippen LogP contribution in [0.3, 0.4) is 0 Å². The number of rotatable bonds is 4. The van der Waals surface area contributed by atoms with Crippen molar-refractivity contribution in [2.24, 2.45) is 0 Å². The van der Waals surface area contributed by atoms with Crippen molar-refractivity contribution in [1.29, 1.82) is 0 Å². The van der Waals surface area contributed by atoms with Crippen molar-refractivity contribution in [3.05, 3.63) is 35.9 Å². The van der Waals surface area contributed by atoms with Crippen molar-refractivity contribution in [1.82, 2.24) is 0 Å². The van der Waals surface area contributed by atoms with Gasteiger partial charge < -0.3 is 21.6 Å². The van der Waals surface area contributed by atoms with E-state index in [2.05, 4.69) is 17.8 Å². The Bertz CT molecular complexity index is 521. The highest BCUT2D eigenvalue weighted by molar-refractivity contribution is 5.70. The molecule has 1 aromatic carbocycles. The van der Waals surface area contributed by atoms with Crippen LogP contribution in [0.15, 0.2) is 30.3 Å². The van der Waals surface area contributed by atoms with Gasteiger partial charge in [0.15, 0.2) is 13.2 Å². The molecule has 4 heteroatoms. The van der Waals surface area contributed by atoms with E-state index in [9.17, 15) is 4.79 Å². The maximum atomic E-state index is 11.5. The van der Waals surface area contributed by atoms with Gasteiger partial charge in [-0.2, -0.15) is 0 Å². The standard InChI is InChI=1S/C16H18NO2.ClH/c1-4-13-19-16(18)14-17(2,3)12-8-11-15-9-6-5-7-10-15;/h1,5-7,9-10H,12-14H2,2-3H3;1H/q+1;/p-1. The Labute approximate surface area is 126 Å². The maximum absolute atomic E-state index is 11.5. The van der Waals surface area contributed by atoms with Crippen molar-refractivity contribution in [3.8, 4) is 24.2 Å². The van der Waals surface area contributed by atoms with E-state index in [0.29, 0.717) is 11.0 Å². The predicted molar refractivity (Wildman–Crippen MR) is 75.0 cm³/mol. The van der Waals surface area contributed by atoms with Crippen molar-refractivity contribution in [2.45, 2.75) is 0 Å². The quantitative estimate of drug-likeness (QED) is 0.375.